The van der Waals surface area contributed by atoms with Crippen LogP contribution in [-0.2, 0) is 0 Å². The molecule has 3 rings (SSSR count). The number of nitrogens with two attached hydrogens (primary N) is 1. The third kappa shape index (κ3) is 2.44. The molecule has 1 aromatic carbocycles. The molecule has 2 aromatic heterocycles. The molecule has 0 aliphatic heterocycles. The number of nitrogen functional groups attached to an aromatic ring is 1. The molecule has 0 unspecified atom stereocenters. The van der Waals surface area contributed by atoms with Crippen molar-refractivity contribution >= 4 is 17.2 Å². The molecule has 3 aromatic rings. The van der Waals surface area contributed by atoms with Crippen LogP contribution in [0, 0.1) is 6.92 Å². The van der Waals surface area contributed by atoms with Crippen LogP contribution in [0.3, 0.4) is 0 Å². The summed E-state index contributed by atoms with van der Waals surface area (Å²) < 4.78 is 1.90. The van der Waals surface area contributed by atoms with Crippen molar-refractivity contribution in [2.75, 3.05) is 11.1 Å². The number of nitrogens with zero attached hydrogens (tertiary/aromatic N) is 4. The van der Waals surface area contributed by atoms with Gasteiger partial charge in [0.05, 0.1) is 0 Å². The monoisotopic (exact) mass is 266 g/mol. The Hall–Kier alpha value is -2.89. The fourth-order valence-electron chi connectivity index (χ4n) is 1.88. The van der Waals surface area contributed by atoms with Crippen molar-refractivity contribution in [3.63, 3.8) is 0 Å². The fourth-order valence-corrected chi connectivity index (χ4v) is 1.88. The molecule has 0 radical (unpaired) electrons. The highest BCUT2D eigenvalue weighted by Crippen LogP contribution is 2.17. The molecule has 3 N–H and O–H groups in total. The Morgan fingerprint density at radius 1 is 1.10 bits per heavy atom. The van der Waals surface area contributed by atoms with Crippen molar-refractivity contribution in [2.45, 2.75) is 6.92 Å². The zero-order chi connectivity index (χ0) is 13.9. The van der Waals surface area contributed by atoms with E-state index in [9.17, 15) is 0 Å². The first-order valence-corrected chi connectivity index (χ1v) is 6.17. The molecule has 0 aliphatic carbocycles. The van der Waals surface area contributed by atoms with Gasteiger partial charge in [0.15, 0.2) is 0 Å². The molecule has 0 atom stereocenters. The molecule has 0 amide bonds. The van der Waals surface area contributed by atoms with E-state index in [1.54, 1.807) is 6.20 Å². The minimum absolute atomic E-state index is 0.716. The van der Waals surface area contributed by atoms with Gasteiger partial charge in [-0.2, -0.15) is 0 Å². The van der Waals surface area contributed by atoms with E-state index in [2.05, 4.69) is 20.3 Å². The molecule has 20 heavy (non-hydrogen) atoms. The predicted octanol–water partition coefficient (Wildman–Crippen LogP) is 2.30. The van der Waals surface area contributed by atoms with Gasteiger partial charge in [0.1, 0.15) is 23.8 Å². The smallest absolute Gasteiger partial charge is 0.143 e. The van der Waals surface area contributed by atoms with E-state index >= 15 is 0 Å². The highest BCUT2D eigenvalue weighted by Gasteiger charge is 2.04. The van der Waals surface area contributed by atoms with Gasteiger partial charge in [0.25, 0.3) is 0 Å². The number of imidazole rings is 1. The van der Waals surface area contributed by atoms with Gasteiger partial charge in [0, 0.05) is 29.8 Å². The maximum absolute atomic E-state index is 5.66. The minimum atomic E-state index is 0.716. The van der Waals surface area contributed by atoms with Gasteiger partial charge in [-0.05, 0) is 31.2 Å². The number of hydrogen-bond acceptors (Lipinski definition) is 5. The maximum Gasteiger partial charge on any atom is 0.143 e. The molecule has 0 spiro atoms. The largest absolute Gasteiger partial charge is 0.399 e. The number of nitrogens with one attached hydrogen (secondary N) is 1. The minimum Gasteiger partial charge on any atom is -0.399 e. The highest BCUT2D eigenvalue weighted by molar-refractivity contribution is 5.59. The molecule has 6 nitrogen and oxygen atoms in total. The third-order valence-electron chi connectivity index (χ3n) is 2.91. The van der Waals surface area contributed by atoms with Crippen molar-refractivity contribution in [3.8, 4) is 5.82 Å². The van der Waals surface area contributed by atoms with Gasteiger partial charge in [-0.25, -0.2) is 15.0 Å². The van der Waals surface area contributed by atoms with Crippen molar-refractivity contribution < 1.29 is 0 Å². The summed E-state index contributed by atoms with van der Waals surface area (Å²) in [5, 5.41) is 3.21. The first-order chi connectivity index (χ1) is 9.72. The lowest BCUT2D eigenvalue weighted by Gasteiger charge is -2.08. The Labute approximate surface area is 116 Å². The van der Waals surface area contributed by atoms with E-state index in [1.807, 2.05) is 48.0 Å². The third-order valence-corrected chi connectivity index (χ3v) is 2.91. The van der Waals surface area contributed by atoms with E-state index < -0.39 is 0 Å². The van der Waals surface area contributed by atoms with E-state index in [0.29, 0.717) is 5.82 Å². The standard InChI is InChI=1S/C14H14N6/c1-10-16-6-7-20(10)14-8-13(17-9-18-14)19-12-4-2-11(15)3-5-12/h2-9H,15H2,1H3,(H,17,18,19). The van der Waals surface area contributed by atoms with E-state index in [4.69, 9.17) is 5.73 Å². The second-order valence-electron chi connectivity index (χ2n) is 4.35. The van der Waals surface area contributed by atoms with Gasteiger partial charge < -0.3 is 11.1 Å². The van der Waals surface area contributed by atoms with Gasteiger partial charge >= 0.3 is 0 Å². The Bertz CT molecular complexity index is 717. The molecular formula is C14H14N6. The average molecular weight is 266 g/mol. The number of anilines is 3. The summed E-state index contributed by atoms with van der Waals surface area (Å²) >= 11 is 0. The summed E-state index contributed by atoms with van der Waals surface area (Å²) in [6.45, 7) is 1.93. The summed E-state index contributed by atoms with van der Waals surface area (Å²) in [6, 6.07) is 9.35. The summed E-state index contributed by atoms with van der Waals surface area (Å²) in [7, 11) is 0. The quantitative estimate of drug-likeness (QED) is 0.711. The van der Waals surface area contributed by atoms with Crippen LogP contribution >= 0.6 is 0 Å². The van der Waals surface area contributed by atoms with Crippen LogP contribution in [-0.4, -0.2) is 19.5 Å². The molecule has 100 valence electrons. The summed E-state index contributed by atoms with van der Waals surface area (Å²) in [5.41, 5.74) is 7.31. The zero-order valence-electron chi connectivity index (χ0n) is 11.0. The predicted molar refractivity (Wildman–Crippen MR) is 78.0 cm³/mol. The molecule has 2 heterocycles. The summed E-state index contributed by atoms with van der Waals surface area (Å²) in [4.78, 5) is 12.6. The van der Waals surface area contributed by atoms with Crippen molar-refractivity contribution in [2.24, 2.45) is 0 Å². The van der Waals surface area contributed by atoms with Gasteiger partial charge in [-0.3, -0.25) is 4.57 Å². The van der Waals surface area contributed by atoms with Crippen LogP contribution in [0.1, 0.15) is 5.82 Å². The van der Waals surface area contributed by atoms with Crippen molar-refractivity contribution in [1.82, 2.24) is 19.5 Å². The molecule has 0 bridgehead atoms. The van der Waals surface area contributed by atoms with E-state index in [-0.39, 0.29) is 0 Å². The van der Waals surface area contributed by atoms with Crippen LogP contribution < -0.4 is 11.1 Å². The number of benzene rings is 1. The maximum atomic E-state index is 5.66. The van der Waals surface area contributed by atoms with Gasteiger partial charge in [0.2, 0.25) is 0 Å². The van der Waals surface area contributed by atoms with Crippen LogP contribution in [0.25, 0.3) is 5.82 Å². The van der Waals surface area contributed by atoms with Crippen LogP contribution in [0.4, 0.5) is 17.2 Å². The number of aromatic nitrogens is 4. The zero-order valence-corrected chi connectivity index (χ0v) is 11.0. The summed E-state index contributed by atoms with van der Waals surface area (Å²) in [6.07, 6.45) is 5.13. The lowest BCUT2D eigenvalue weighted by Crippen LogP contribution is -2.01. The molecule has 0 fully saturated rings. The average Bonchev–Trinajstić information content (AvgIpc) is 2.88. The first kappa shape index (κ1) is 12.2. The second kappa shape index (κ2) is 5.00. The van der Waals surface area contributed by atoms with Crippen molar-refractivity contribution in [3.05, 3.63) is 54.9 Å². The van der Waals surface area contributed by atoms with Crippen LogP contribution in [0.2, 0.25) is 0 Å². The number of aryl methyl sites for hydroxylation is 1. The van der Waals surface area contributed by atoms with Crippen LogP contribution in [0.15, 0.2) is 49.1 Å². The molecule has 0 saturated carbocycles. The van der Waals surface area contributed by atoms with Crippen LogP contribution in [0.5, 0.6) is 0 Å². The fraction of sp³-hybridized carbons (Fsp3) is 0.0714. The lowest BCUT2D eigenvalue weighted by atomic mass is 10.3. The molecular weight excluding hydrogens is 252 g/mol. The SMILES string of the molecule is Cc1nccn1-c1cc(Nc2ccc(N)cc2)ncn1. The topological polar surface area (TPSA) is 81.7 Å². The van der Waals surface area contributed by atoms with Gasteiger partial charge in [-0.15, -0.1) is 0 Å². The second-order valence-corrected chi connectivity index (χ2v) is 4.35. The Kier molecular flexibility index (Phi) is 3.04. The van der Waals surface area contributed by atoms with Gasteiger partial charge in [-0.1, -0.05) is 0 Å². The highest BCUT2D eigenvalue weighted by atomic mass is 15.1. The Morgan fingerprint density at radius 3 is 2.60 bits per heavy atom. The molecule has 0 aliphatic rings. The number of rotatable bonds is 3. The number of hydrogen-bond donors (Lipinski definition) is 2. The summed E-state index contributed by atoms with van der Waals surface area (Å²) in [5.74, 6) is 2.36. The van der Waals surface area contributed by atoms with E-state index in [0.717, 1.165) is 23.0 Å². The Morgan fingerprint density at radius 2 is 1.90 bits per heavy atom. The normalized spacial score (nSPS) is 10.4. The first-order valence-electron chi connectivity index (χ1n) is 6.17. The molecule has 0 saturated heterocycles. The van der Waals surface area contributed by atoms with E-state index in [1.165, 1.54) is 6.33 Å². The van der Waals surface area contributed by atoms with Crippen molar-refractivity contribution in [1.29, 1.82) is 0 Å². The molecule has 6 heteroatoms. The lowest BCUT2D eigenvalue weighted by molar-refractivity contribution is 0.921. The Balaban J connectivity index is 1.88.